The van der Waals surface area contributed by atoms with Crippen LogP contribution in [0, 0.1) is 0 Å². The zero-order valence-corrected chi connectivity index (χ0v) is 17.0. The number of aryl methyl sites for hydroxylation is 1. The standard InChI is InChI=1S/C21H22N4O3S/c1-3-25-21(28)17-12-8-7-11-16(17)18(24-25)20(27)23-22-19(26)14(2)29-13-15-9-5-4-6-10-15/h4-12,14H,3,13H2,1-2H3,(H,22,26)(H,23,27)/t14-/m1/s1. The molecule has 7 nitrogen and oxygen atoms in total. The van der Waals surface area contributed by atoms with Crippen molar-refractivity contribution in [1.82, 2.24) is 20.6 Å². The van der Waals surface area contributed by atoms with Crippen LogP contribution in [0.4, 0.5) is 0 Å². The number of rotatable bonds is 6. The summed E-state index contributed by atoms with van der Waals surface area (Å²) in [4.78, 5) is 37.3. The van der Waals surface area contributed by atoms with E-state index in [4.69, 9.17) is 0 Å². The van der Waals surface area contributed by atoms with E-state index in [1.807, 2.05) is 30.3 Å². The molecule has 0 saturated heterocycles. The average molecular weight is 410 g/mol. The highest BCUT2D eigenvalue weighted by Crippen LogP contribution is 2.17. The monoisotopic (exact) mass is 410 g/mol. The molecule has 1 heterocycles. The number of nitrogens with zero attached hydrogens (tertiary/aromatic N) is 2. The van der Waals surface area contributed by atoms with Crippen molar-refractivity contribution < 1.29 is 9.59 Å². The molecule has 3 rings (SSSR count). The van der Waals surface area contributed by atoms with E-state index in [0.717, 1.165) is 5.56 Å². The Morgan fingerprint density at radius 3 is 2.38 bits per heavy atom. The van der Waals surface area contributed by atoms with E-state index in [1.165, 1.54) is 16.4 Å². The summed E-state index contributed by atoms with van der Waals surface area (Å²) < 4.78 is 1.23. The molecular weight excluding hydrogens is 388 g/mol. The fourth-order valence-corrected chi connectivity index (χ4v) is 3.61. The second kappa shape index (κ2) is 9.38. The molecule has 0 aliphatic rings. The summed E-state index contributed by atoms with van der Waals surface area (Å²) in [6.07, 6.45) is 0. The zero-order chi connectivity index (χ0) is 20.8. The fourth-order valence-electron chi connectivity index (χ4n) is 2.77. The van der Waals surface area contributed by atoms with Gasteiger partial charge in [-0.25, -0.2) is 4.68 Å². The fraction of sp³-hybridized carbons (Fsp3) is 0.238. The Hall–Kier alpha value is -3.13. The third kappa shape index (κ3) is 4.83. The predicted molar refractivity (Wildman–Crippen MR) is 114 cm³/mol. The Bertz CT molecular complexity index is 1080. The summed E-state index contributed by atoms with van der Waals surface area (Å²) in [7, 11) is 0. The molecule has 0 aliphatic heterocycles. The molecule has 0 spiro atoms. The van der Waals surface area contributed by atoms with Crippen LogP contribution in [-0.4, -0.2) is 26.8 Å². The summed E-state index contributed by atoms with van der Waals surface area (Å²) in [6.45, 7) is 3.89. The summed E-state index contributed by atoms with van der Waals surface area (Å²) >= 11 is 1.47. The molecule has 8 heteroatoms. The number of hydrogen-bond donors (Lipinski definition) is 2. The average Bonchev–Trinajstić information content (AvgIpc) is 2.76. The number of carbonyl (C=O) groups is 2. The Kier molecular flexibility index (Phi) is 6.66. The summed E-state index contributed by atoms with van der Waals surface area (Å²) in [5.41, 5.74) is 5.82. The topological polar surface area (TPSA) is 93.1 Å². The van der Waals surface area contributed by atoms with Gasteiger partial charge in [-0.2, -0.15) is 5.10 Å². The number of amides is 2. The lowest BCUT2D eigenvalue weighted by atomic mass is 10.1. The van der Waals surface area contributed by atoms with Crippen LogP contribution in [0.5, 0.6) is 0 Å². The quantitative estimate of drug-likeness (QED) is 0.609. The number of hydrazine groups is 1. The minimum atomic E-state index is -0.572. The van der Waals surface area contributed by atoms with E-state index >= 15 is 0 Å². The van der Waals surface area contributed by atoms with E-state index in [-0.39, 0.29) is 22.4 Å². The largest absolute Gasteiger partial charge is 0.290 e. The van der Waals surface area contributed by atoms with Crippen molar-refractivity contribution in [1.29, 1.82) is 0 Å². The van der Waals surface area contributed by atoms with Gasteiger partial charge in [-0.05, 0) is 25.5 Å². The van der Waals surface area contributed by atoms with Gasteiger partial charge in [0, 0.05) is 17.7 Å². The van der Waals surface area contributed by atoms with Gasteiger partial charge in [0.25, 0.3) is 17.4 Å². The van der Waals surface area contributed by atoms with Crippen LogP contribution in [0.2, 0.25) is 0 Å². The van der Waals surface area contributed by atoms with Crippen molar-refractivity contribution in [3.8, 4) is 0 Å². The molecule has 1 atom stereocenters. The molecule has 0 unspecified atom stereocenters. The first-order valence-corrected chi connectivity index (χ1v) is 10.3. The molecule has 0 bridgehead atoms. The van der Waals surface area contributed by atoms with E-state index in [0.29, 0.717) is 23.1 Å². The first-order valence-electron chi connectivity index (χ1n) is 9.26. The number of benzene rings is 2. The van der Waals surface area contributed by atoms with E-state index in [9.17, 15) is 14.4 Å². The first kappa shape index (κ1) is 20.6. The molecule has 150 valence electrons. The third-order valence-electron chi connectivity index (χ3n) is 4.39. The van der Waals surface area contributed by atoms with Crippen LogP contribution in [-0.2, 0) is 17.1 Å². The highest BCUT2D eigenvalue weighted by Gasteiger charge is 2.18. The van der Waals surface area contributed by atoms with Gasteiger partial charge in [-0.1, -0.05) is 48.5 Å². The Morgan fingerprint density at radius 2 is 1.69 bits per heavy atom. The first-order chi connectivity index (χ1) is 14.0. The van der Waals surface area contributed by atoms with Crippen LogP contribution < -0.4 is 16.4 Å². The van der Waals surface area contributed by atoms with Crippen LogP contribution in [0.15, 0.2) is 59.4 Å². The maximum atomic E-state index is 12.6. The molecule has 0 radical (unpaired) electrons. The van der Waals surface area contributed by atoms with Gasteiger partial charge < -0.3 is 0 Å². The smallest absolute Gasteiger partial charge is 0.272 e. The Morgan fingerprint density at radius 1 is 1.03 bits per heavy atom. The van der Waals surface area contributed by atoms with Crippen LogP contribution in [0.25, 0.3) is 10.8 Å². The molecule has 1 aromatic heterocycles. The predicted octanol–water partition coefficient (Wildman–Crippen LogP) is 2.50. The maximum Gasteiger partial charge on any atom is 0.290 e. The van der Waals surface area contributed by atoms with Crippen molar-refractivity contribution in [2.24, 2.45) is 0 Å². The maximum absolute atomic E-state index is 12.6. The summed E-state index contributed by atoms with van der Waals surface area (Å²) in [6, 6.07) is 16.6. The third-order valence-corrected chi connectivity index (χ3v) is 5.61. The van der Waals surface area contributed by atoms with E-state index < -0.39 is 5.91 Å². The number of carbonyl (C=O) groups excluding carboxylic acids is 2. The van der Waals surface area contributed by atoms with E-state index in [2.05, 4.69) is 16.0 Å². The van der Waals surface area contributed by atoms with E-state index in [1.54, 1.807) is 38.1 Å². The van der Waals surface area contributed by atoms with Crippen molar-refractivity contribution in [3.63, 3.8) is 0 Å². The van der Waals surface area contributed by atoms with Crippen molar-refractivity contribution in [2.75, 3.05) is 0 Å². The Balaban J connectivity index is 1.67. The highest BCUT2D eigenvalue weighted by atomic mass is 32.2. The van der Waals surface area contributed by atoms with Gasteiger partial charge in [-0.15, -0.1) is 11.8 Å². The molecule has 0 fully saturated rings. The van der Waals surface area contributed by atoms with Gasteiger partial charge in [0.2, 0.25) is 0 Å². The van der Waals surface area contributed by atoms with Gasteiger partial charge in [0.05, 0.1) is 10.6 Å². The van der Waals surface area contributed by atoms with Crippen LogP contribution >= 0.6 is 11.8 Å². The molecule has 2 N–H and O–H groups in total. The van der Waals surface area contributed by atoms with Gasteiger partial charge in [0.1, 0.15) is 0 Å². The molecular formula is C21H22N4O3S. The Labute approximate surface area is 172 Å². The lowest BCUT2D eigenvalue weighted by Gasteiger charge is -2.14. The minimum absolute atomic E-state index is 0.0898. The molecule has 3 aromatic rings. The van der Waals surface area contributed by atoms with Gasteiger partial charge in [0.15, 0.2) is 5.69 Å². The minimum Gasteiger partial charge on any atom is -0.272 e. The number of thioether (sulfide) groups is 1. The summed E-state index contributed by atoms with van der Waals surface area (Å²) in [5.74, 6) is -0.193. The molecule has 0 saturated carbocycles. The number of fused-ring (bicyclic) bond motifs is 1. The highest BCUT2D eigenvalue weighted by molar-refractivity contribution is 7.99. The summed E-state index contributed by atoms with van der Waals surface area (Å²) in [5, 5.41) is 4.65. The second-order valence-electron chi connectivity index (χ2n) is 6.40. The molecule has 2 amide bonds. The SMILES string of the molecule is CCn1nc(C(=O)NNC(=O)[C@@H](C)SCc2ccccc2)c2ccccc2c1=O. The molecule has 2 aromatic carbocycles. The molecule has 29 heavy (non-hydrogen) atoms. The number of hydrogen-bond acceptors (Lipinski definition) is 5. The number of aromatic nitrogens is 2. The lowest BCUT2D eigenvalue weighted by molar-refractivity contribution is -0.121. The van der Waals surface area contributed by atoms with Crippen LogP contribution in [0.3, 0.4) is 0 Å². The van der Waals surface area contributed by atoms with Crippen LogP contribution in [0.1, 0.15) is 29.9 Å². The lowest BCUT2D eigenvalue weighted by Crippen LogP contribution is -2.45. The zero-order valence-electron chi connectivity index (χ0n) is 16.2. The van der Waals surface area contributed by atoms with Crippen molar-refractivity contribution in [3.05, 3.63) is 76.2 Å². The second-order valence-corrected chi connectivity index (χ2v) is 7.73. The van der Waals surface area contributed by atoms with Gasteiger partial charge in [-0.3, -0.25) is 25.2 Å². The van der Waals surface area contributed by atoms with Crippen molar-refractivity contribution >= 4 is 34.3 Å². The van der Waals surface area contributed by atoms with Gasteiger partial charge >= 0.3 is 0 Å². The number of nitrogens with one attached hydrogen (secondary N) is 2. The molecule has 0 aliphatic carbocycles. The normalized spacial score (nSPS) is 11.8. The van der Waals surface area contributed by atoms with Crippen molar-refractivity contribution in [2.45, 2.75) is 31.4 Å².